The fraction of sp³-hybridized carbons (Fsp3) is 0.368. The summed E-state index contributed by atoms with van der Waals surface area (Å²) in [5.41, 5.74) is 0.832. The van der Waals surface area contributed by atoms with Crippen LogP contribution in [0, 0.1) is 18.8 Å². The van der Waals surface area contributed by atoms with Crippen molar-refractivity contribution in [2.75, 3.05) is 4.90 Å². The van der Waals surface area contributed by atoms with Crippen molar-refractivity contribution in [1.82, 2.24) is 0 Å². The van der Waals surface area contributed by atoms with E-state index in [1.54, 1.807) is 17.1 Å². The first-order chi connectivity index (χ1) is 11.5. The lowest BCUT2D eigenvalue weighted by atomic mass is 9.74. The number of para-hydroxylation sites is 1. The molecule has 3 heterocycles. The third-order valence-electron chi connectivity index (χ3n) is 5.46. The third kappa shape index (κ3) is 1.73. The minimum atomic E-state index is -1.23. The van der Waals surface area contributed by atoms with Crippen LogP contribution in [0.5, 0.6) is 0 Å². The maximum Gasteiger partial charge on any atom is 0.234 e. The molecule has 24 heavy (non-hydrogen) atoms. The average Bonchev–Trinajstić information content (AvgIpc) is 3.18. The van der Waals surface area contributed by atoms with Crippen LogP contribution < -0.4 is 10.0 Å². The van der Waals surface area contributed by atoms with Gasteiger partial charge in [0, 0.05) is 17.6 Å². The molecule has 1 aromatic rings. The Morgan fingerprint density at radius 1 is 1.46 bits per heavy atom. The number of anilines is 1. The van der Waals surface area contributed by atoms with Gasteiger partial charge in [-0.2, -0.15) is 0 Å². The fourth-order valence-corrected chi connectivity index (χ4v) is 4.49. The van der Waals surface area contributed by atoms with Crippen molar-refractivity contribution >= 4 is 17.6 Å². The minimum absolute atomic E-state index is 0.211. The van der Waals surface area contributed by atoms with Crippen LogP contribution in [0.2, 0.25) is 0 Å². The second-order valence-corrected chi connectivity index (χ2v) is 6.65. The fourth-order valence-electron chi connectivity index (χ4n) is 4.49. The number of benzene rings is 1. The molecule has 3 aliphatic heterocycles. The molecule has 4 rings (SSSR count). The first kappa shape index (κ1) is 15.1. The van der Waals surface area contributed by atoms with Gasteiger partial charge in [0.15, 0.2) is 0 Å². The van der Waals surface area contributed by atoms with Crippen LogP contribution in [0.4, 0.5) is 5.69 Å². The Balaban J connectivity index is 1.87. The summed E-state index contributed by atoms with van der Waals surface area (Å²) in [5.74, 6) is -3.13. The maximum absolute atomic E-state index is 13.2. The molecule has 5 atom stereocenters. The zero-order chi connectivity index (χ0) is 17.1. The van der Waals surface area contributed by atoms with E-state index in [0.29, 0.717) is 6.42 Å². The van der Waals surface area contributed by atoms with Gasteiger partial charge in [0.25, 0.3) is 0 Å². The van der Waals surface area contributed by atoms with Crippen LogP contribution in [-0.4, -0.2) is 29.6 Å². The number of rotatable bonds is 4. The van der Waals surface area contributed by atoms with E-state index in [-0.39, 0.29) is 11.9 Å². The van der Waals surface area contributed by atoms with E-state index in [0.717, 1.165) is 11.3 Å². The zero-order valence-corrected chi connectivity index (χ0v) is 13.3. The van der Waals surface area contributed by atoms with Gasteiger partial charge in [-0.15, -0.1) is 6.58 Å². The summed E-state index contributed by atoms with van der Waals surface area (Å²) < 4.78 is 6.04. The number of carboxylic acids is 1. The van der Waals surface area contributed by atoms with Gasteiger partial charge in [0.2, 0.25) is 5.91 Å². The Hall–Kier alpha value is -2.40. The molecule has 0 aliphatic carbocycles. The van der Waals surface area contributed by atoms with Gasteiger partial charge in [-0.3, -0.25) is 4.79 Å². The van der Waals surface area contributed by atoms with Gasteiger partial charge in [-0.25, -0.2) is 0 Å². The lowest BCUT2D eigenvalue weighted by Gasteiger charge is -2.33. The van der Waals surface area contributed by atoms with Crippen LogP contribution in [0.1, 0.15) is 12.0 Å². The Labute approximate surface area is 140 Å². The quantitative estimate of drug-likeness (QED) is 0.774. The molecule has 1 amide bonds. The van der Waals surface area contributed by atoms with Gasteiger partial charge >= 0.3 is 0 Å². The van der Waals surface area contributed by atoms with Crippen molar-refractivity contribution in [3.63, 3.8) is 0 Å². The van der Waals surface area contributed by atoms with E-state index < -0.39 is 29.5 Å². The van der Waals surface area contributed by atoms with Crippen LogP contribution in [-0.2, 0) is 14.3 Å². The second-order valence-electron chi connectivity index (χ2n) is 6.65. The lowest BCUT2D eigenvalue weighted by molar-refractivity contribution is -0.313. The number of hydrogen-bond donors (Lipinski definition) is 0. The summed E-state index contributed by atoms with van der Waals surface area (Å²) in [6.07, 6.45) is 5.30. The number of hydrogen-bond acceptors (Lipinski definition) is 4. The molecule has 1 spiro atoms. The maximum atomic E-state index is 13.2. The molecule has 2 bridgehead atoms. The van der Waals surface area contributed by atoms with Crippen molar-refractivity contribution < 1.29 is 19.4 Å². The van der Waals surface area contributed by atoms with Gasteiger partial charge in [-0.05, 0) is 25.0 Å². The topological polar surface area (TPSA) is 69.7 Å². The van der Waals surface area contributed by atoms with Crippen molar-refractivity contribution in [2.24, 2.45) is 11.8 Å². The van der Waals surface area contributed by atoms with Crippen LogP contribution in [0.3, 0.4) is 0 Å². The van der Waals surface area contributed by atoms with Crippen molar-refractivity contribution in [3.8, 4) is 0 Å². The standard InChI is InChI=1S/C19H19NO4/c1-3-6-14-19-10-9-13(24-19)15(18(22)23)16(19)17(21)20(14)12-8-5-4-7-11(12)2/h3-5,7-10,13-16H,1,6H2,2H3,(H,22,23)/p-1/t13-,14+,15-,16-,19+/m0/s1. The largest absolute Gasteiger partial charge is 0.550 e. The molecule has 0 aromatic heterocycles. The highest BCUT2D eigenvalue weighted by Gasteiger charge is 2.69. The van der Waals surface area contributed by atoms with E-state index in [9.17, 15) is 14.7 Å². The van der Waals surface area contributed by atoms with E-state index >= 15 is 0 Å². The number of carbonyl (C=O) groups is 2. The SMILES string of the molecule is C=CC[C@H]1N(c2ccccc2C)C(=O)[C@@H]2[C@@H](C(=O)[O-])[C@@H]3C=C[C@]21O3. The lowest BCUT2D eigenvalue weighted by Crippen LogP contribution is -2.46. The Bertz CT molecular complexity index is 770. The number of aliphatic carboxylic acids is 1. The average molecular weight is 324 g/mol. The molecule has 0 N–H and O–H groups in total. The Morgan fingerprint density at radius 2 is 2.21 bits per heavy atom. The highest BCUT2D eigenvalue weighted by atomic mass is 16.5. The van der Waals surface area contributed by atoms with E-state index in [2.05, 4.69) is 6.58 Å². The smallest absolute Gasteiger partial charge is 0.234 e. The van der Waals surface area contributed by atoms with Crippen LogP contribution in [0.15, 0.2) is 49.1 Å². The molecule has 0 unspecified atom stereocenters. The van der Waals surface area contributed by atoms with Crippen molar-refractivity contribution in [3.05, 3.63) is 54.6 Å². The monoisotopic (exact) mass is 324 g/mol. The number of nitrogens with zero attached hydrogens (tertiary/aromatic N) is 1. The summed E-state index contributed by atoms with van der Waals surface area (Å²) >= 11 is 0. The Kier molecular flexibility index (Phi) is 3.18. The predicted molar refractivity (Wildman–Crippen MR) is 86.0 cm³/mol. The number of amides is 1. The van der Waals surface area contributed by atoms with Gasteiger partial charge in [0.1, 0.15) is 5.60 Å². The number of fused-ring (bicyclic) bond motifs is 1. The molecule has 124 valence electrons. The van der Waals surface area contributed by atoms with Gasteiger partial charge in [0.05, 0.1) is 18.1 Å². The van der Waals surface area contributed by atoms with Crippen LogP contribution >= 0.6 is 0 Å². The minimum Gasteiger partial charge on any atom is -0.550 e. The van der Waals surface area contributed by atoms with Crippen molar-refractivity contribution in [1.29, 1.82) is 0 Å². The highest BCUT2D eigenvalue weighted by molar-refractivity contribution is 6.03. The third-order valence-corrected chi connectivity index (χ3v) is 5.46. The first-order valence-electron chi connectivity index (χ1n) is 8.09. The molecular formula is C19H18NO4-. The predicted octanol–water partition coefficient (Wildman–Crippen LogP) is 0.976. The molecule has 5 heteroatoms. The number of ether oxygens (including phenoxy) is 1. The number of carboxylic acid groups (broad SMARTS) is 1. The van der Waals surface area contributed by atoms with Crippen molar-refractivity contribution in [2.45, 2.75) is 31.1 Å². The summed E-state index contributed by atoms with van der Waals surface area (Å²) in [5, 5.41) is 11.6. The normalized spacial score (nSPS) is 36.2. The molecule has 1 aromatic carbocycles. The number of carbonyl (C=O) groups excluding carboxylic acids is 2. The summed E-state index contributed by atoms with van der Waals surface area (Å²) in [7, 11) is 0. The van der Waals surface area contributed by atoms with E-state index in [1.165, 1.54) is 0 Å². The molecule has 5 nitrogen and oxygen atoms in total. The Morgan fingerprint density at radius 3 is 2.88 bits per heavy atom. The molecule has 2 fully saturated rings. The summed E-state index contributed by atoms with van der Waals surface area (Å²) in [6, 6.07) is 7.29. The molecule has 2 saturated heterocycles. The van der Waals surface area contributed by atoms with E-state index in [1.807, 2.05) is 37.3 Å². The zero-order valence-electron chi connectivity index (χ0n) is 13.3. The molecular weight excluding hydrogens is 306 g/mol. The second kappa shape index (κ2) is 5.05. The summed E-state index contributed by atoms with van der Waals surface area (Å²) in [4.78, 5) is 26.5. The first-order valence-corrected chi connectivity index (χ1v) is 8.09. The van der Waals surface area contributed by atoms with Crippen LogP contribution in [0.25, 0.3) is 0 Å². The molecule has 3 aliphatic rings. The summed E-state index contributed by atoms with van der Waals surface area (Å²) in [6.45, 7) is 5.74. The highest BCUT2D eigenvalue weighted by Crippen LogP contribution is 2.56. The molecule has 0 saturated carbocycles. The van der Waals surface area contributed by atoms with Gasteiger partial charge < -0.3 is 19.5 Å². The van der Waals surface area contributed by atoms with Gasteiger partial charge in [-0.1, -0.05) is 36.4 Å². The number of aryl methyl sites for hydroxylation is 1. The van der Waals surface area contributed by atoms with E-state index in [4.69, 9.17) is 4.74 Å². The molecule has 0 radical (unpaired) electrons.